The number of likely N-dealkylation sites (N-methyl/N-ethyl adjacent to an activating group) is 1. The average Bonchev–Trinajstić information content (AvgIpc) is 3.56. The first kappa shape index (κ1) is 25.5. The summed E-state index contributed by atoms with van der Waals surface area (Å²) in [6.07, 6.45) is 6.97. The molecule has 7 nitrogen and oxygen atoms in total. The molecular formula is C27H36N4O3S. The summed E-state index contributed by atoms with van der Waals surface area (Å²) in [4.78, 5) is 46.2. The van der Waals surface area contributed by atoms with Crippen LogP contribution >= 0.6 is 11.3 Å². The van der Waals surface area contributed by atoms with Crippen LogP contribution in [-0.2, 0) is 9.59 Å². The Morgan fingerprint density at radius 2 is 1.89 bits per heavy atom. The molecule has 8 heteroatoms. The van der Waals surface area contributed by atoms with Gasteiger partial charge in [0, 0.05) is 17.5 Å². The number of nitrogens with one attached hydrogen (secondary N) is 2. The van der Waals surface area contributed by atoms with Crippen LogP contribution in [0.5, 0.6) is 0 Å². The molecule has 1 aliphatic carbocycles. The van der Waals surface area contributed by atoms with E-state index in [-0.39, 0.29) is 35.6 Å². The predicted molar refractivity (Wildman–Crippen MR) is 137 cm³/mol. The zero-order valence-corrected chi connectivity index (χ0v) is 21.7. The van der Waals surface area contributed by atoms with E-state index in [0.717, 1.165) is 49.1 Å². The van der Waals surface area contributed by atoms with Gasteiger partial charge in [-0.25, -0.2) is 4.98 Å². The van der Waals surface area contributed by atoms with E-state index < -0.39 is 6.04 Å². The number of carbonyl (C=O) groups is 3. The fraction of sp³-hybridized carbons (Fsp3) is 0.556. The smallest absolute Gasteiger partial charge is 0.246 e. The average molecular weight is 497 g/mol. The number of carbonyl (C=O) groups excluding carboxylic acids is 3. The lowest BCUT2D eigenvalue weighted by atomic mass is 9.83. The summed E-state index contributed by atoms with van der Waals surface area (Å²) in [6, 6.07) is 6.48. The van der Waals surface area contributed by atoms with E-state index in [1.54, 1.807) is 19.4 Å². The van der Waals surface area contributed by atoms with E-state index in [4.69, 9.17) is 0 Å². The molecule has 1 saturated heterocycles. The lowest BCUT2D eigenvalue weighted by Gasteiger charge is -2.35. The van der Waals surface area contributed by atoms with E-state index >= 15 is 0 Å². The highest BCUT2D eigenvalue weighted by Gasteiger charge is 2.40. The first-order chi connectivity index (χ1) is 16.9. The largest absolute Gasteiger partial charge is 0.343 e. The molecular weight excluding hydrogens is 460 g/mol. The third-order valence-corrected chi connectivity index (χ3v) is 8.31. The van der Waals surface area contributed by atoms with E-state index in [1.807, 2.05) is 36.1 Å². The molecule has 1 aromatic heterocycles. The maximum Gasteiger partial charge on any atom is 0.246 e. The number of likely N-dealkylation sites (tertiary alicyclic amines) is 1. The molecule has 3 atom stereocenters. The molecule has 2 heterocycles. The molecule has 2 fully saturated rings. The number of rotatable bonds is 8. The summed E-state index contributed by atoms with van der Waals surface area (Å²) in [6.45, 7) is 4.41. The molecule has 0 unspecified atom stereocenters. The molecule has 35 heavy (non-hydrogen) atoms. The van der Waals surface area contributed by atoms with Gasteiger partial charge in [-0.3, -0.25) is 14.4 Å². The lowest BCUT2D eigenvalue weighted by Crippen LogP contribution is -2.55. The van der Waals surface area contributed by atoms with Crippen molar-refractivity contribution in [2.24, 2.45) is 5.92 Å². The molecule has 2 N–H and O–H groups in total. The first-order valence-corrected chi connectivity index (χ1v) is 13.6. The number of amides is 2. The van der Waals surface area contributed by atoms with Crippen LogP contribution in [0.15, 0.2) is 29.6 Å². The molecule has 1 saturated carbocycles. The summed E-state index contributed by atoms with van der Waals surface area (Å²) in [5, 5.41) is 8.64. The van der Waals surface area contributed by atoms with Crippen molar-refractivity contribution in [2.45, 2.75) is 76.9 Å². The molecule has 0 spiro atoms. The molecule has 2 amide bonds. The van der Waals surface area contributed by atoms with Crippen molar-refractivity contribution < 1.29 is 14.4 Å². The minimum Gasteiger partial charge on any atom is -0.343 e. The quantitative estimate of drug-likeness (QED) is 0.539. The Kier molecular flexibility index (Phi) is 8.34. The zero-order chi connectivity index (χ0) is 24.9. The lowest BCUT2D eigenvalue weighted by molar-refractivity contribution is -0.139. The molecule has 2 aliphatic rings. The molecule has 0 bridgehead atoms. The van der Waals surface area contributed by atoms with Gasteiger partial charge in [0.05, 0.1) is 12.1 Å². The number of nitrogens with zero attached hydrogens (tertiary/aromatic N) is 2. The highest BCUT2D eigenvalue weighted by molar-refractivity contribution is 7.10. The van der Waals surface area contributed by atoms with Crippen LogP contribution in [0.1, 0.15) is 84.5 Å². The topological polar surface area (TPSA) is 91.4 Å². The van der Waals surface area contributed by atoms with Crippen LogP contribution in [0.3, 0.4) is 0 Å². The molecule has 1 aliphatic heterocycles. The fourth-order valence-corrected chi connectivity index (χ4v) is 6.15. The Balaban J connectivity index is 1.53. The molecule has 0 radical (unpaired) electrons. The van der Waals surface area contributed by atoms with Crippen molar-refractivity contribution in [1.29, 1.82) is 0 Å². The van der Waals surface area contributed by atoms with Gasteiger partial charge >= 0.3 is 0 Å². The second-order valence-electron chi connectivity index (χ2n) is 9.85. The maximum absolute atomic E-state index is 13.9. The molecule has 1 aromatic carbocycles. The van der Waals surface area contributed by atoms with Crippen LogP contribution in [0.25, 0.3) is 0 Å². The van der Waals surface area contributed by atoms with Crippen molar-refractivity contribution >= 4 is 28.9 Å². The Bertz CT molecular complexity index is 1060. The number of hydrogen-bond acceptors (Lipinski definition) is 6. The van der Waals surface area contributed by atoms with Gasteiger partial charge in [0.15, 0.2) is 0 Å². The van der Waals surface area contributed by atoms with Gasteiger partial charge in [0.25, 0.3) is 0 Å². The van der Waals surface area contributed by atoms with Crippen LogP contribution in [-0.4, -0.2) is 53.2 Å². The minimum atomic E-state index is -0.521. The van der Waals surface area contributed by atoms with Crippen molar-refractivity contribution in [3.63, 3.8) is 0 Å². The summed E-state index contributed by atoms with van der Waals surface area (Å²) in [7, 11) is 1.75. The first-order valence-electron chi connectivity index (χ1n) is 12.7. The number of ketones is 1. The Morgan fingerprint density at radius 3 is 2.60 bits per heavy atom. The SMILES string of the molecule is CN[C@@H](C)C(=O)N[C@H](C(=O)N1CCC[C@H]1c1nc(C(=O)c2cccc(C)c2)cs1)C1CCCCC1. The van der Waals surface area contributed by atoms with Gasteiger partial charge in [-0.1, -0.05) is 43.0 Å². The van der Waals surface area contributed by atoms with E-state index in [2.05, 4.69) is 15.6 Å². The molecule has 4 rings (SSSR count). The number of hydrogen-bond donors (Lipinski definition) is 2. The third-order valence-electron chi connectivity index (χ3n) is 7.37. The number of benzene rings is 1. The van der Waals surface area contributed by atoms with E-state index in [1.165, 1.54) is 17.8 Å². The predicted octanol–water partition coefficient (Wildman–Crippen LogP) is 4.02. The minimum absolute atomic E-state index is 0.0159. The zero-order valence-electron chi connectivity index (χ0n) is 20.9. The summed E-state index contributed by atoms with van der Waals surface area (Å²) in [5.41, 5.74) is 2.08. The third kappa shape index (κ3) is 5.81. The van der Waals surface area contributed by atoms with E-state index in [9.17, 15) is 14.4 Å². The number of aromatic nitrogens is 1. The highest BCUT2D eigenvalue weighted by Crippen LogP contribution is 2.36. The second-order valence-corrected chi connectivity index (χ2v) is 10.7. The van der Waals surface area contributed by atoms with Gasteiger partial charge < -0.3 is 15.5 Å². The summed E-state index contributed by atoms with van der Waals surface area (Å²) >= 11 is 1.44. The van der Waals surface area contributed by atoms with Crippen molar-refractivity contribution in [3.05, 3.63) is 51.5 Å². The second kappa shape index (κ2) is 11.4. The normalized spacial score (nSPS) is 20.4. The van der Waals surface area contributed by atoms with Crippen LogP contribution in [0, 0.1) is 12.8 Å². The van der Waals surface area contributed by atoms with Gasteiger partial charge in [0.2, 0.25) is 17.6 Å². The van der Waals surface area contributed by atoms with Crippen molar-refractivity contribution in [1.82, 2.24) is 20.5 Å². The Labute approximate surface area is 211 Å². The summed E-state index contributed by atoms with van der Waals surface area (Å²) < 4.78 is 0. The van der Waals surface area contributed by atoms with Crippen LogP contribution < -0.4 is 10.6 Å². The number of aryl methyl sites for hydroxylation is 1. The van der Waals surface area contributed by atoms with Gasteiger partial charge in [0.1, 0.15) is 16.7 Å². The molecule has 2 aromatic rings. The highest BCUT2D eigenvalue weighted by atomic mass is 32.1. The van der Waals surface area contributed by atoms with E-state index in [0.29, 0.717) is 17.8 Å². The molecule has 188 valence electrons. The van der Waals surface area contributed by atoms with Gasteiger partial charge in [-0.2, -0.15) is 0 Å². The van der Waals surface area contributed by atoms with Gasteiger partial charge in [-0.15, -0.1) is 11.3 Å². The Morgan fingerprint density at radius 1 is 1.11 bits per heavy atom. The summed E-state index contributed by atoms with van der Waals surface area (Å²) in [5.74, 6) is -0.106. The number of thiazole rings is 1. The van der Waals surface area contributed by atoms with Crippen LogP contribution in [0.2, 0.25) is 0 Å². The van der Waals surface area contributed by atoms with Gasteiger partial charge in [-0.05, 0) is 58.6 Å². The van der Waals surface area contributed by atoms with Crippen molar-refractivity contribution in [2.75, 3.05) is 13.6 Å². The Hall–Kier alpha value is -2.58. The standard InChI is InChI=1S/C27H36N4O3S/c1-17-9-7-12-20(15-17)24(32)21-16-35-26(29-21)22-13-8-14-31(22)27(34)23(19-10-5-4-6-11-19)30-25(33)18(2)28-3/h7,9,12,15-16,18-19,22-23,28H,4-6,8,10-11,13-14H2,1-3H3,(H,30,33)/t18-,22-,23-/m0/s1. The maximum atomic E-state index is 13.9. The fourth-order valence-electron chi connectivity index (χ4n) is 5.20. The van der Waals surface area contributed by atoms with Crippen LogP contribution in [0.4, 0.5) is 0 Å². The van der Waals surface area contributed by atoms with Crippen molar-refractivity contribution in [3.8, 4) is 0 Å². The monoisotopic (exact) mass is 496 g/mol.